The molecule has 0 bridgehead atoms. The first kappa shape index (κ1) is 20.5. The summed E-state index contributed by atoms with van der Waals surface area (Å²) in [4.78, 5) is 45.2. The van der Waals surface area contributed by atoms with Crippen LogP contribution in [0.25, 0.3) is 11.1 Å². The third-order valence-electron chi connectivity index (χ3n) is 3.99. The summed E-state index contributed by atoms with van der Waals surface area (Å²) in [7, 11) is 0. The van der Waals surface area contributed by atoms with Gasteiger partial charge in [0.25, 0.3) is 0 Å². The predicted octanol–water partition coefficient (Wildman–Crippen LogP) is 3.09. The van der Waals surface area contributed by atoms with E-state index in [0.29, 0.717) is 0 Å². The molecule has 0 amide bonds. The zero-order valence-corrected chi connectivity index (χ0v) is 13.9. The van der Waals surface area contributed by atoms with Gasteiger partial charge in [-0.15, -0.1) is 0 Å². The summed E-state index contributed by atoms with van der Waals surface area (Å²) in [6.07, 6.45) is 0. The molecule has 0 radical (unpaired) electrons. The maximum atomic E-state index is 13.5. The van der Waals surface area contributed by atoms with Crippen molar-refractivity contribution in [2.75, 3.05) is 0 Å². The number of hydrogen-bond acceptors (Lipinski definition) is 4. The lowest BCUT2D eigenvalue weighted by Crippen LogP contribution is -2.12. The van der Waals surface area contributed by atoms with Crippen molar-refractivity contribution in [2.24, 2.45) is 0 Å². The van der Waals surface area contributed by atoms with Crippen LogP contribution in [0.15, 0.2) is 24.3 Å². The molecule has 0 aromatic heterocycles. The van der Waals surface area contributed by atoms with E-state index in [2.05, 4.69) is 0 Å². The average molecular weight is 394 g/mol. The first-order valence-electron chi connectivity index (χ1n) is 7.51. The smallest absolute Gasteiger partial charge is 0.336 e. The fraction of sp³-hybridized carbons (Fsp3) is 0.111. The van der Waals surface area contributed by atoms with Gasteiger partial charge < -0.3 is 20.4 Å². The van der Waals surface area contributed by atoms with Gasteiger partial charge in [-0.1, -0.05) is 0 Å². The van der Waals surface area contributed by atoms with Crippen molar-refractivity contribution in [2.45, 2.75) is 13.3 Å². The highest BCUT2D eigenvalue weighted by Crippen LogP contribution is 2.33. The predicted molar refractivity (Wildman–Crippen MR) is 89.3 cm³/mol. The molecule has 0 aliphatic carbocycles. The number of aromatic carboxylic acids is 4. The SMILES string of the molecule is O=C(O)c1cc(CF)c(-c2cc(C(=O)O)c(C(=O)O)cc2CF)cc1C(=O)O. The standard InChI is InChI=1S/C18H12F2O8/c19-5-7-1-11(15(21)22)13(17(25)26)3-9(7)10-4-14(18(27)28)12(16(23)24)2-8(10)6-20/h1-4H,5-6H2,(H,21,22)(H,23,24)(H,25,26)(H,27,28). The summed E-state index contributed by atoms with van der Waals surface area (Å²) >= 11 is 0. The van der Waals surface area contributed by atoms with Gasteiger partial charge in [0.2, 0.25) is 0 Å². The van der Waals surface area contributed by atoms with Gasteiger partial charge in [0, 0.05) is 0 Å². The van der Waals surface area contributed by atoms with Crippen molar-refractivity contribution in [3.05, 3.63) is 57.6 Å². The van der Waals surface area contributed by atoms with Gasteiger partial charge in [-0.3, -0.25) is 0 Å². The van der Waals surface area contributed by atoms with Crippen molar-refractivity contribution in [3.8, 4) is 11.1 Å². The summed E-state index contributed by atoms with van der Waals surface area (Å²) in [5.74, 6) is -6.55. The summed E-state index contributed by atoms with van der Waals surface area (Å²) in [5, 5.41) is 36.7. The van der Waals surface area contributed by atoms with Crippen molar-refractivity contribution in [3.63, 3.8) is 0 Å². The molecule has 0 heterocycles. The lowest BCUT2D eigenvalue weighted by Gasteiger charge is -2.15. The van der Waals surface area contributed by atoms with Crippen LogP contribution < -0.4 is 0 Å². The molecule has 2 rings (SSSR count). The van der Waals surface area contributed by atoms with Crippen LogP contribution in [0, 0.1) is 0 Å². The molecule has 0 unspecified atom stereocenters. The molecule has 10 heteroatoms. The minimum absolute atomic E-state index is 0.253. The van der Waals surface area contributed by atoms with Gasteiger partial charge in [0.05, 0.1) is 22.3 Å². The van der Waals surface area contributed by atoms with E-state index in [0.717, 1.165) is 24.3 Å². The normalized spacial score (nSPS) is 10.5. The Morgan fingerprint density at radius 3 is 1.04 bits per heavy atom. The van der Waals surface area contributed by atoms with E-state index in [1.54, 1.807) is 0 Å². The van der Waals surface area contributed by atoms with Gasteiger partial charge in [-0.25, -0.2) is 28.0 Å². The van der Waals surface area contributed by atoms with Crippen LogP contribution in [0.3, 0.4) is 0 Å². The average Bonchev–Trinajstić information content (AvgIpc) is 2.65. The van der Waals surface area contributed by atoms with E-state index < -0.39 is 59.5 Å². The number of rotatable bonds is 7. The monoisotopic (exact) mass is 394 g/mol. The van der Waals surface area contributed by atoms with Crippen LogP contribution in [-0.2, 0) is 13.3 Å². The molecule has 8 nitrogen and oxygen atoms in total. The first-order chi connectivity index (χ1) is 13.1. The quantitative estimate of drug-likeness (QED) is 0.560. The van der Waals surface area contributed by atoms with Crippen LogP contribution >= 0.6 is 0 Å². The van der Waals surface area contributed by atoms with E-state index >= 15 is 0 Å². The number of benzene rings is 2. The molecule has 2 aromatic carbocycles. The summed E-state index contributed by atoms with van der Waals surface area (Å²) < 4.78 is 27.0. The number of alkyl halides is 2. The number of carboxylic acids is 4. The Balaban J connectivity index is 2.93. The molecule has 4 N–H and O–H groups in total. The van der Waals surface area contributed by atoms with E-state index in [1.807, 2.05) is 0 Å². The van der Waals surface area contributed by atoms with Gasteiger partial charge in [-0.2, -0.15) is 0 Å². The Labute approximate surface area is 155 Å². The molecular formula is C18H12F2O8. The van der Waals surface area contributed by atoms with E-state index in [-0.39, 0.29) is 22.3 Å². The van der Waals surface area contributed by atoms with Crippen LogP contribution in [0.2, 0.25) is 0 Å². The Kier molecular flexibility index (Phi) is 5.73. The van der Waals surface area contributed by atoms with E-state index in [4.69, 9.17) is 10.2 Å². The highest BCUT2D eigenvalue weighted by molar-refractivity contribution is 6.05. The largest absolute Gasteiger partial charge is 0.478 e. The second kappa shape index (κ2) is 7.82. The molecule has 0 aliphatic heterocycles. The summed E-state index contributed by atoms with van der Waals surface area (Å²) in [6.45, 7) is -2.52. The number of halogens is 2. The number of hydrogen-bond donors (Lipinski definition) is 4. The topological polar surface area (TPSA) is 149 Å². The summed E-state index contributed by atoms with van der Waals surface area (Å²) in [5.41, 5.74) is -3.99. The van der Waals surface area contributed by atoms with Crippen molar-refractivity contribution in [1.29, 1.82) is 0 Å². The van der Waals surface area contributed by atoms with Gasteiger partial charge in [-0.05, 0) is 46.5 Å². The minimum Gasteiger partial charge on any atom is -0.478 e. The molecule has 2 aromatic rings. The Hall–Kier alpha value is -3.82. The fourth-order valence-electron chi connectivity index (χ4n) is 2.72. The zero-order chi connectivity index (χ0) is 21.2. The van der Waals surface area contributed by atoms with Crippen LogP contribution in [0.1, 0.15) is 52.6 Å². The molecule has 0 saturated heterocycles. The van der Waals surface area contributed by atoms with Gasteiger partial charge in [0.1, 0.15) is 13.3 Å². The molecule has 0 atom stereocenters. The maximum Gasteiger partial charge on any atom is 0.336 e. The maximum absolute atomic E-state index is 13.5. The molecule has 0 aliphatic rings. The summed E-state index contributed by atoms with van der Waals surface area (Å²) in [6, 6.07) is 3.10. The molecular weight excluding hydrogens is 382 g/mol. The second-order valence-electron chi connectivity index (χ2n) is 5.60. The fourth-order valence-corrected chi connectivity index (χ4v) is 2.72. The molecule has 0 saturated carbocycles. The van der Waals surface area contributed by atoms with Crippen LogP contribution in [0.5, 0.6) is 0 Å². The number of carboxylic acid groups (broad SMARTS) is 4. The lowest BCUT2D eigenvalue weighted by molar-refractivity contribution is 0.0651. The first-order valence-corrected chi connectivity index (χ1v) is 7.51. The third-order valence-corrected chi connectivity index (χ3v) is 3.99. The van der Waals surface area contributed by atoms with Gasteiger partial charge in [0.15, 0.2) is 0 Å². The highest BCUT2D eigenvalue weighted by Gasteiger charge is 2.24. The zero-order valence-electron chi connectivity index (χ0n) is 13.9. The van der Waals surface area contributed by atoms with Crippen molar-refractivity contribution in [1.82, 2.24) is 0 Å². The van der Waals surface area contributed by atoms with Crippen molar-refractivity contribution < 1.29 is 48.4 Å². The van der Waals surface area contributed by atoms with E-state index in [1.165, 1.54) is 0 Å². The molecule has 0 spiro atoms. The lowest BCUT2D eigenvalue weighted by atomic mass is 9.89. The Morgan fingerprint density at radius 1 is 0.571 bits per heavy atom. The minimum atomic E-state index is -1.65. The third kappa shape index (κ3) is 3.65. The van der Waals surface area contributed by atoms with Crippen molar-refractivity contribution >= 4 is 23.9 Å². The van der Waals surface area contributed by atoms with Crippen LogP contribution in [-0.4, -0.2) is 44.3 Å². The van der Waals surface area contributed by atoms with Crippen LogP contribution in [0.4, 0.5) is 8.78 Å². The molecule has 28 heavy (non-hydrogen) atoms. The highest BCUT2D eigenvalue weighted by atomic mass is 19.1. The Bertz CT molecular complexity index is 932. The molecule has 0 fully saturated rings. The number of carbonyl (C=O) groups is 4. The molecule has 146 valence electrons. The Morgan fingerprint density at radius 2 is 0.821 bits per heavy atom. The van der Waals surface area contributed by atoms with Gasteiger partial charge >= 0.3 is 23.9 Å². The second-order valence-corrected chi connectivity index (χ2v) is 5.60. The van der Waals surface area contributed by atoms with E-state index in [9.17, 15) is 38.2 Å².